The molecule has 4 rings (SSSR count). The van der Waals surface area contributed by atoms with Crippen LogP contribution in [0.2, 0.25) is 0 Å². The number of likely N-dealkylation sites (tertiary alicyclic amines) is 1. The molecule has 11 heteroatoms. The Kier molecular flexibility index (Phi) is 7.37. The summed E-state index contributed by atoms with van der Waals surface area (Å²) in [7, 11) is 1.88. The molecule has 10 nitrogen and oxygen atoms in total. The van der Waals surface area contributed by atoms with Crippen molar-refractivity contribution in [1.29, 1.82) is 5.41 Å². The van der Waals surface area contributed by atoms with Crippen LogP contribution >= 0.6 is 0 Å². The minimum atomic E-state index is -0.756. The molecular formula is C24H30FN9O. The molecule has 35 heavy (non-hydrogen) atoms. The Labute approximate surface area is 202 Å². The second-order valence-electron chi connectivity index (χ2n) is 8.71. The number of anilines is 1. The summed E-state index contributed by atoms with van der Waals surface area (Å²) < 4.78 is 15.3. The molecule has 0 bridgehead atoms. The molecule has 0 unspecified atom stereocenters. The molecular weight excluding hydrogens is 449 g/mol. The largest absolute Gasteiger partial charge is 0.383 e. The highest BCUT2D eigenvalue weighted by Gasteiger charge is 2.33. The van der Waals surface area contributed by atoms with Gasteiger partial charge in [0.1, 0.15) is 5.84 Å². The molecule has 1 amide bonds. The van der Waals surface area contributed by atoms with Crippen LogP contribution in [0.1, 0.15) is 18.5 Å². The summed E-state index contributed by atoms with van der Waals surface area (Å²) in [5, 5.41) is 22.0. The van der Waals surface area contributed by atoms with E-state index in [1.807, 2.05) is 29.8 Å². The monoisotopic (exact) mass is 479 g/mol. The highest BCUT2D eigenvalue weighted by Crippen LogP contribution is 2.24. The smallest absolute Gasteiger partial charge is 0.253 e. The third-order valence-electron chi connectivity index (χ3n) is 6.27. The standard InChI is InChI=1S/C24H30FN9O/c1-28-16-24(30-14-20(23(27)35)22(26)32-17-5-9-29-21(25)13-17)7-11-33(12-8-24)15-19-4-2-3-18-6-10-31-34(18)19/h2-6,9-10,13-14,28,30H,7-8,11-12,15-16H2,1H3,(H2,27,35)(H2,26,29,32)/b20-14+. The summed E-state index contributed by atoms with van der Waals surface area (Å²) in [5.74, 6) is -1.66. The van der Waals surface area contributed by atoms with Crippen LogP contribution in [0.15, 0.2) is 60.6 Å². The first kappa shape index (κ1) is 24.3. The Hall–Kier alpha value is -3.83. The fourth-order valence-corrected chi connectivity index (χ4v) is 4.39. The van der Waals surface area contributed by atoms with Crippen molar-refractivity contribution in [3.63, 3.8) is 0 Å². The molecule has 1 saturated heterocycles. The summed E-state index contributed by atoms with van der Waals surface area (Å²) in [6.45, 7) is 3.15. The number of pyridine rings is 2. The number of carbonyl (C=O) groups is 1. The lowest BCUT2D eigenvalue weighted by atomic mass is 9.87. The predicted octanol–water partition coefficient (Wildman–Crippen LogP) is 1.47. The molecule has 4 heterocycles. The normalized spacial score (nSPS) is 16.2. The summed E-state index contributed by atoms with van der Waals surface area (Å²) >= 11 is 0. The highest BCUT2D eigenvalue weighted by atomic mass is 19.1. The number of piperidine rings is 1. The number of hydrogen-bond acceptors (Lipinski definition) is 7. The van der Waals surface area contributed by atoms with Gasteiger partial charge in [-0.2, -0.15) is 9.49 Å². The molecule has 1 aliphatic heterocycles. The third kappa shape index (κ3) is 5.81. The third-order valence-corrected chi connectivity index (χ3v) is 6.27. The number of nitrogens with two attached hydrogens (primary N) is 1. The predicted molar refractivity (Wildman–Crippen MR) is 132 cm³/mol. The maximum Gasteiger partial charge on any atom is 0.253 e. The Morgan fingerprint density at radius 2 is 2.06 bits per heavy atom. The molecule has 0 radical (unpaired) electrons. The fraction of sp³-hybridized carbons (Fsp3) is 0.333. The van der Waals surface area contributed by atoms with Gasteiger partial charge in [-0.3, -0.25) is 15.1 Å². The van der Waals surface area contributed by atoms with E-state index in [4.69, 9.17) is 11.1 Å². The molecule has 3 aromatic heterocycles. The van der Waals surface area contributed by atoms with E-state index < -0.39 is 11.9 Å². The van der Waals surface area contributed by atoms with Crippen LogP contribution in [0.3, 0.4) is 0 Å². The molecule has 0 aliphatic carbocycles. The minimum Gasteiger partial charge on any atom is -0.383 e. The SMILES string of the molecule is CNCC1(N/C=C(\C(=N)Nc2ccnc(F)c2)C(N)=O)CCN(Cc2cccc3ccnn23)CC1. The minimum absolute atomic E-state index is 0.0227. The van der Waals surface area contributed by atoms with E-state index in [9.17, 15) is 9.18 Å². The molecule has 0 aromatic carbocycles. The van der Waals surface area contributed by atoms with Gasteiger partial charge in [0.15, 0.2) is 0 Å². The topological polar surface area (TPSA) is 136 Å². The maximum atomic E-state index is 13.4. The lowest BCUT2D eigenvalue weighted by molar-refractivity contribution is -0.114. The van der Waals surface area contributed by atoms with Crippen LogP contribution in [0.4, 0.5) is 10.1 Å². The van der Waals surface area contributed by atoms with Gasteiger partial charge in [0.2, 0.25) is 5.95 Å². The van der Waals surface area contributed by atoms with Crippen molar-refractivity contribution in [3.05, 3.63) is 72.2 Å². The number of hydrogen-bond donors (Lipinski definition) is 5. The van der Waals surface area contributed by atoms with Crippen molar-refractivity contribution in [1.82, 2.24) is 30.1 Å². The van der Waals surface area contributed by atoms with E-state index in [1.54, 1.807) is 6.20 Å². The molecule has 6 N–H and O–H groups in total. The second-order valence-corrected chi connectivity index (χ2v) is 8.71. The molecule has 184 valence electrons. The maximum absolute atomic E-state index is 13.4. The van der Waals surface area contributed by atoms with Crippen LogP contribution in [-0.4, -0.2) is 63.5 Å². The van der Waals surface area contributed by atoms with Crippen molar-refractivity contribution in [2.24, 2.45) is 5.73 Å². The van der Waals surface area contributed by atoms with Gasteiger partial charge in [0.05, 0.1) is 22.3 Å². The lowest BCUT2D eigenvalue weighted by Gasteiger charge is -2.42. The average Bonchev–Trinajstić information content (AvgIpc) is 3.31. The first-order valence-corrected chi connectivity index (χ1v) is 11.4. The van der Waals surface area contributed by atoms with Gasteiger partial charge >= 0.3 is 0 Å². The number of halogens is 1. The first-order chi connectivity index (χ1) is 16.9. The van der Waals surface area contributed by atoms with Crippen molar-refractivity contribution >= 4 is 22.9 Å². The number of amidine groups is 1. The molecule has 0 atom stereocenters. The number of nitrogens with zero attached hydrogens (tertiary/aromatic N) is 4. The summed E-state index contributed by atoms with van der Waals surface area (Å²) in [4.78, 5) is 18.0. The van der Waals surface area contributed by atoms with Gasteiger partial charge in [-0.05, 0) is 44.2 Å². The van der Waals surface area contributed by atoms with Gasteiger partial charge < -0.3 is 21.7 Å². The number of rotatable bonds is 9. The number of carbonyl (C=O) groups excluding carboxylic acids is 1. The average molecular weight is 480 g/mol. The molecule has 3 aromatic rings. The quantitative estimate of drug-likeness (QED) is 0.136. The number of amides is 1. The number of aromatic nitrogens is 3. The zero-order valence-corrected chi connectivity index (χ0v) is 19.6. The molecule has 1 fully saturated rings. The van der Waals surface area contributed by atoms with E-state index in [1.165, 1.54) is 18.5 Å². The Morgan fingerprint density at radius 1 is 1.26 bits per heavy atom. The van der Waals surface area contributed by atoms with E-state index >= 15 is 0 Å². The zero-order valence-electron chi connectivity index (χ0n) is 19.6. The Bertz CT molecular complexity index is 1230. The van der Waals surface area contributed by atoms with E-state index in [0.29, 0.717) is 12.2 Å². The first-order valence-electron chi connectivity index (χ1n) is 11.4. The zero-order chi connectivity index (χ0) is 24.8. The number of fused-ring (bicyclic) bond motifs is 1. The van der Waals surface area contributed by atoms with Crippen molar-refractivity contribution < 1.29 is 9.18 Å². The van der Waals surface area contributed by atoms with Gasteiger partial charge in [-0.15, -0.1) is 0 Å². The summed E-state index contributed by atoms with van der Waals surface area (Å²) in [5.41, 5.74) is 7.72. The Balaban J connectivity index is 1.43. The molecule has 1 aliphatic rings. The van der Waals surface area contributed by atoms with Crippen molar-refractivity contribution in [3.8, 4) is 0 Å². The van der Waals surface area contributed by atoms with Crippen LogP contribution in [0.5, 0.6) is 0 Å². The lowest BCUT2D eigenvalue weighted by Crippen LogP contribution is -2.56. The number of likely N-dealkylation sites (N-methyl/N-ethyl adjacent to an activating group) is 1. The van der Waals surface area contributed by atoms with Gasteiger partial charge in [-0.25, -0.2) is 9.50 Å². The van der Waals surface area contributed by atoms with E-state index in [2.05, 4.69) is 37.0 Å². The number of nitrogens with one attached hydrogen (secondary N) is 4. The molecule has 0 saturated carbocycles. The van der Waals surface area contributed by atoms with Gasteiger partial charge in [0.25, 0.3) is 5.91 Å². The van der Waals surface area contributed by atoms with E-state index in [0.717, 1.165) is 49.8 Å². The summed E-state index contributed by atoms with van der Waals surface area (Å²) in [6, 6.07) is 10.8. The van der Waals surface area contributed by atoms with Crippen LogP contribution in [0.25, 0.3) is 5.52 Å². The van der Waals surface area contributed by atoms with Crippen LogP contribution in [-0.2, 0) is 11.3 Å². The fourth-order valence-electron chi connectivity index (χ4n) is 4.39. The highest BCUT2D eigenvalue weighted by molar-refractivity contribution is 6.23. The van der Waals surface area contributed by atoms with Crippen molar-refractivity contribution in [2.75, 3.05) is 32.0 Å². The van der Waals surface area contributed by atoms with E-state index in [-0.39, 0.29) is 16.9 Å². The Morgan fingerprint density at radius 3 is 2.77 bits per heavy atom. The van der Waals surface area contributed by atoms with Crippen LogP contribution in [0, 0.1) is 11.4 Å². The summed E-state index contributed by atoms with van der Waals surface area (Å²) in [6.07, 6.45) is 6.22. The second kappa shape index (κ2) is 10.6. The molecule has 0 spiro atoms. The van der Waals surface area contributed by atoms with Crippen molar-refractivity contribution in [2.45, 2.75) is 24.9 Å². The van der Waals surface area contributed by atoms with Gasteiger partial charge in [0, 0.05) is 56.5 Å². The van der Waals surface area contributed by atoms with Gasteiger partial charge in [-0.1, -0.05) is 6.07 Å². The number of primary amides is 1. The van der Waals surface area contributed by atoms with Crippen LogP contribution < -0.4 is 21.7 Å².